The maximum atomic E-state index is 13.9. The van der Waals surface area contributed by atoms with Crippen LogP contribution in [-0.2, 0) is 4.74 Å². The predicted molar refractivity (Wildman–Crippen MR) is 64.0 cm³/mol. The van der Waals surface area contributed by atoms with Crippen LogP contribution in [0.4, 0.5) is 8.78 Å². The number of ether oxygens (including phenoxy) is 1. The first-order chi connectivity index (χ1) is 7.97. The normalized spacial score (nSPS) is 13.1. The van der Waals surface area contributed by atoms with Crippen molar-refractivity contribution in [3.05, 3.63) is 34.9 Å². The second kappa shape index (κ2) is 6.07. The average molecular weight is 243 g/mol. The van der Waals surface area contributed by atoms with Gasteiger partial charge in [-0.05, 0) is 39.4 Å². The van der Waals surface area contributed by atoms with Gasteiger partial charge in [-0.1, -0.05) is 6.07 Å². The van der Waals surface area contributed by atoms with E-state index in [1.807, 2.05) is 13.8 Å². The van der Waals surface area contributed by atoms with Gasteiger partial charge in [0.05, 0.1) is 18.8 Å². The van der Waals surface area contributed by atoms with Crippen molar-refractivity contribution in [1.29, 1.82) is 0 Å². The van der Waals surface area contributed by atoms with Gasteiger partial charge in [0.1, 0.15) is 11.6 Å². The third-order valence-electron chi connectivity index (χ3n) is 2.61. The Balaban J connectivity index is 2.98. The topological polar surface area (TPSA) is 21.3 Å². The van der Waals surface area contributed by atoms with Crippen LogP contribution in [0.3, 0.4) is 0 Å². The van der Waals surface area contributed by atoms with Gasteiger partial charge in [0.25, 0.3) is 0 Å². The standard InChI is InChI=1S/C13H19F2NO/c1-8(2)17-7-11(16-4)12-10(14)6-5-9(3)13(12)15/h5-6,8,11,16H,7H2,1-4H3. The van der Waals surface area contributed by atoms with Crippen molar-refractivity contribution in [2.24, 2.45) is 0 Å². The molecule has 1 unspecified atom stereocenters. The Morgan fingerprint density at radius 1 is 1.29 bits per heavy atom. The first-order valence-corrected chi connectivity index (χ1v) is 5.70. The van der Waals surface area contributed by atoms with Gasteiger partial charge >= 0.3 is 0 Å². The van der Waals surface area contributed by atoms with E-state index in [1.165, 1.54) is 12.1 Å². The summed E-state index contributed by atoms with van der Waals surface area (Å²) in [7, 11) is 1.66. The van der Waals surface area contributed by atoms with Gasteiger partial charge in [0.15, 0.2) is 0 Å². The molecule has 0 radical (unpaired) electrons. The van der Waals surface area contributed by atoms with Crippen molar-refractivity contribution in [2.45, 2.75) is 32.9 Å². The van der Waals surface area contributed by atoms with Crippen molar-refractivity contribution in [1.82, 2.24) is 5.32 Å². The molecule has 1 rings (SSSR count). The third kappa shape index (κ3) is 3.48. The number of halogens is 2. The molecule has 0 spiro atoms. The van der Waals surface area contributed by atoms with Gasteiger partial charge in [-0.3, -0.25) is 0 Å². The molecular weight excluding hydrogens is 224 g/mol. The fraction of sp³-hybridized carbons (Fsp3) is 0.538. The second-order valence-electron chi connectivity index (χ2n) is 4.32. The highest BCUT2D eigenvalue weighted by Gasteiger charge is 2.20. The maximum Gasteiger partial charge on any atom is 0.133 e. The first kappa shape index (κ1) is 14.1. The Labute approximate surface area is 101 Å². The van der Waals surface area contributed by atoms with E-state index in [2.05, 4.69) is 5.32 Å². The van der Waals surface area contributed by atoms with Gasteiger partial charge in [0, 0.05) is 5.56 Å². The summed E-state index contributed by atoms with van der Waals surface area (Å²) in [6, 6.07) is 2.25. The maximum absolute atomic E-state index is 13.9. The van der Waals surface area contributed by atoms with Crippen molar-refractivity contribution in [3.8, 4) is 0 Å². The molecule has 0 saturated carbocycles. The SMILES string of the molecule is CNC(COC(C)C)c1c(F)ccc(C)c1F. The number of nitrogens with one attached hydrogen (secondary N) is 1. The Hall–Kier alpha value is -1.00. The molecule has 1 aromatic rings. The Morgan fingerprint density at radius 2 is 1.94 bits per heavy atom. The van der Waals surface area contributed by atoms with E-state index in [0.717, 1.165) is 0 Å². The quantitative estimate of drug-likeness (QED) is 0.858. The zero-order valence-corrected chi connectivity index (χ0v) is 10.7. The summed E-state index contributed by atoms with van der Waals surface area (Å²) in [6.07, 6.45) is 0.0294. The minimum atomic E-state index is -0.542. The number of benzene rings is 1. The highest BCUT2D eigenvalue weighted by atomic mass is 19.1. The summed E-state index contributed by atoms with van der Waals surface area (Å²) < 4.78 is 32.9. The Kier molecular flexibility index (Phi) is 5.02. The smallest absolute Gasteiger partial charge is 0.133 e. The van der Waals surface area contributed by atoms with Crippen LogP contribution in [0.1, 0.15) is 31.0 Å². The fourth-order valence-electron chi connectivity index (χ4n) is 1.60. The Bertz CT molecular complexity index is 380. The summed E-state index contributed by atoms with van der Waals surface area (Å²) in [4.78, 5) is 0. The van der Waals surface area contributed by atoms with Gasteiger partial charge in [0.2, 0.25) is 0 Å². The number of likely N-dealkylation sites (N-methyl/N-ethyl adjacent to an activating group) is 1. The molecule has 0 heterocycles. The third-order valence-corrected chi connectivity index (χ3v) is 2.61. The molecule has 1 N–H and O–H groups in total. The lowest BCUT2D eigenvalue weighted by Crippen LogP contribution is -2.25. The molecule has 0 amide bonds. The molecule has 2 nitrogen and oxygen atoms in total. The number of hydrogen-bond donors (Lipinski definition) is 1. The lowest BCUT2D eigenvalue weighted by atomic mass is 10.0. The molecule has 96 valence electrons. The van der Waals surface area contributed by atoms with Gasteiger partial charge < -0.3 is 10.1 Å². The fourth-order valence-corrected chi connectivity index (χ4v) is 1.60. The van der Waals surface area contributed by atoms with Crippen LogP contribution in [0.2, 0.25) is 0 Å². The first-order valence-electron chi connectivity index (χ1n) is 5.70. The summed E-state index contributed by atoms with van der Waals surface area (Å²) in [5, 5.41) is 2.88. The summed E-state index contributed by atoms with van der Waals surface area (Å²) in [5.74, 6) is -1.04. The molecule has 4 heteroatoms. The largest absolute Gasteiger partial charge is 0.377 e. The van der Waals surface area contributed by atoms with Crippen molar-refractivity contribution in [2.75, 3.05) is 13.7 Å². The van der Waals surface area contributed by atoms with E-state index in [4.69, 9.17) is 4.74 Å². The lowest BCUT2D eigenvalue weighted by molar-refractivity contribution is 0.0611. The van der Waals surface area contributed by atoms with Crippen molar-refractivity contribution >= 4 is 0 Å². The molecule has 0 fully saturated rings. The van der Waals surface area contributed by atoms with E-state index < -0.39 is 17.7 Å². The van der Waals surface area contributed by atoms with Crippen LogP contribution in [0, 0.1) is 18.6 Å². The minimum Gasteiger partial charge on any atom is -0.377 e. The van der Waals surface area contributed by atoms with Crippen LogP contribution >= 0.6 is 0 Å². The van der Waals surface area contributed by atoms with Gasteiger partial charge in [-0.25, -0.2) is 8.78 Å². The number of hydrogen-bond acceptors (Lipinski definition) is 2. The molecule has 1 aromatic carbocycles. The van der Waals surface area contributed by atoms with E-state index in [1.54, 1.807) is 14.0 Å². The van der Waals surface area contributed by atoms with Crippen LogP contribution in [0.5, 0.6) is 0 Å². The molecule has 0 aromatic heterocycles. The zero-order valence-electron chi connectivity index (χ0n) is 10.7. The molecule has 0 bridgehead atoms. The second-order valence-corrected chi connectivity index (χ2v) is 4.32. The number of aryl methyl sites for hydroxylation is 1. The highest BCUT2D eigenvalue weighted by molar-refractivity contribution is 5.29. The van der Waals surface area contributed by atoms with Crippen LogP contribution in [-0.4, -0.2) is 19.8 Å². The molecule has 0 saturated heterocycles. The minimum absolute atomic E-state index is 0.0294. The van der Waals surface area contributed by atoms with Gasteiger partial charge in [-0.15, -0.1) is 0 Å². The van der Waals surface area contributed by atoms with Crippen LogP contribution in [0.15, 0.2) is 12.1 Å². The van der Waals surface area contributed by atoms with E-state index in [9.17, 15) is 8.78 Å². The Morgan fingerprint density at radius 3 is 2.47 bits per heavy atom. The molecule has 1 atom stereocenters. The molecule has 17 heavy (non-hydrogen) atoms. The summed E-state index contributed by atoms with van der Waals surface area (Å²) in [6.45, 7) is 5.63. The van der Waals surface area contributed by atoms with E-state index in [-0.39, 0.29) is 18.3 Å². The van der Waals surface area contributed by atoms with Crippen molar-refractivity contribution in [3.63, 3.8) is 0 Å². The van der Waals surface area contributed by atoms with Gasteiger partial charge in [-0.2, -0.15) is 0 Å². The van der Waals surface area contributed by atoms with Crippen LogP contribution in [0.25, 0.3) is 0 Å². The molecular formula is C13H19F2NO. The highest BCUT2D eigenvalue weighted by Crippen LogP contribution is 2.23. The molecule has 0 aliphatic rings. The number of rotatable bonds is 5. The zero-order chi connectivity index (χ0) is 13.0. The lowest BCUT2D eigenvalue weighted by Gasteiger charge is -2.20. The van der Waals surface area contributed by atoms with E-state index in [0.29, 0.717) is 5.56 Å². The predicted octanol–water partition coefficient (Wildman–Crippen LogP) is 2.96. The van der Waals surface area contributed by atoms with E-state index >= 15 is 0 Å². The molecule has 0 aliphatic heterocycles. The summed E-state index contributed by atoms with van der Waals surface area (Å²) in [5.41, 5.74) is 0.486. The monoisotopic (exact) mass is 243 g/mol. The molecule has 0 aliphatic carbocycles. The van der Waals surface area contributed by atoms with Crippen LogP contribution < -0.4 is 5.32 Å². The summed E-state index contributed by atoms with van der Waals surface area (Å²) >= 11 is 0. The van der Waals surface area contributed by atoms with Crippen molar-refractivity contribution < 1.29 is 13.5 Å². The average Bonchev–Trinajstić information content (AvgIpc) is 2.28.